The van der Waals surface area contributed by atoms with Gasteiger partial charge in [-0.05, 0) is 36.4 Å². The number of nitrogens with two attached hydrogens (primary N) is 1. The largest absolute Gasteiger partial charge is 0.497 e. The maximum Gasteiger partial charge on any atom is 0.261 e. The van der Waals surface area contributed by atoms with Crippen LogP contribution in [0.15, 0.2) is 47.1 Å². The van der Waals surface area contributed by atoms with Crippen LogP contribution in [-0.4, -0.2) is 22.2 Å². The number of aromatic nitrogens is 3. The van der Waals surface area contributed by atoms with Gasteiger partial charge in [-0.2, -0.15) is 4.98 Å². The molecule has 6 nitrogen and oxygen atoms in total. The third-order valence-corrected chi connectivity index (χ3v) is 2.84. The van der Waals surface area contributed by atoms with Crippen LogP contribution in [-0.2, 0) is 0 Å². The molecule has 6 heteroatoms. The van der Waals surface area contributed by atoms with Crippen LogP contribution < -0.4 is 10.5 Å². The number of nitrogen functional groups attached to an aromatic ring is 1. The van der Waals surface area contributed by atoms with Crippen molar-refractivity contribution in [2.75, 3.05) is 12.8 Å². The van der Waals surface area contributed by atoms with Crippen LogP contribution in [0.5, 0.6) is 5.75 Å². The van der Waals surface area contributed by atoms with E-state index in [1.54, 1.807) is 25.4 Å². The number of nitrogens with zero attached hydrogens (tertiary/aromatic N) is 3. The van der Waals surface area contributed by atoms with Crippen molar-refractivity contribution < 1.29 is 9.26 Å². The van der Waals surface area contributed by atoms with E-state index in [2.05, 4.69) is 15.1 Å². The first kappa shape index (κ1) is 12.2. The lowest BCUT2D eigenvalue weighted by molar-refractivity contribution is 0.415. The van der Waals surface area contributed by atoms with Gasteiger partial charge in [-0.3, -0.25) is 0 Å². The van der Waals surface area contributed by atoms with E-state index in [-0.39, 0.29) is 0 Å². The smallest absolute Gasteiger partial charge is 0.261 e. The topological polar surface area (TPSA) is 87.1 Å². The lowest BCUT2D eigenvalue weighted by atomic mass is 10.2. The first-order valence-electron chi connectivity index (χ1n) is 5.97. The van der Waals surface area contributed by atoms with Crippen LogP contribution in [0.4, 0.5) is 5.82 Å². The summed E-state index contributed by atoms with van der Waals surface area (Å²) in [6.07, 6.45) is 1.61. The van der Waals surface area contributed by atoms with Crippen molar-refractivity contribution in [3.8, 4) is 28.6 Å². The van der Waals surface area contributed by atoms with Crippen LogP contribution in [0, 0.1) is 0 Å². The second-order valence-corrected chi connectivity index (χ2v) is 4.09. The normalized spacial score (nSPS) is 10.4. The summed E-state index contributed by atoms with van der Waals surface area (Å²) in [5.41, 5.74) is 7.24. The Hall–Kier alpha value is -2.89. The molecule has 0 saturated carbocycles. The van der Waals surface area contributed by atoms with E-state index < -0.39 is 0 Å². The summed E-state index contributed by atoms with van der Waals surface area (Å²) in [7, 11) is 1.62. The minimum atomic E-state index is 0.349. The predicted octanol–water partition coefficient (Wildman–Crippen LogP) is 2.39. The molecule has 0 spiro atoms. The SMILES string of the molecule is COc1ccc(-c2noc(-c3cccnc3N)n2)cc1. The summed E-state index contributed by atoms with van der Waals surface area (Å²) in [6, 6.07) is 10.9. The number of anilines is 1. The number of hydrogen-bond donors (Lipinski definition) is 1. The van der Waals surface area contributed by atoms with Gasteiger partial charge in [0.05, 0.1) is 12.7 Å². The van der Waals surface area contributed by atoms with Crippen molar-refractivity contribution in [2.24, 2.45) is 0 Å². The fraction of sp³-hybridized carbons (Fsp3) is 0.0714. The number of benzene rings is 1. The Balaban J connectivity index is 1.95. The van der Waals surface area contributed by atoms with E-state index in [1.807, 2.05) is 24.3 Å². The molecule has 0 atom stereocenters. The number of methoxy groups -OCH3 is 1. The summed E-state index contributed by atoms with van der Waals surface area (Å²) in [5, 5.41) is 3.95. The van der Waals surface area contributed by atoms with Crippen LogP contribution in [0.3, 0.4) is 0 Å². The molecule has 1 aromatic carbocycles. The molecular formula is C14H12N4O2. The van der Waals surface area contributed by atoms with Gasteiger partial charge in [-0.25, -0.2) is 4.98 Å². The molecule has 0 radical (unpaired) electrons. The second kappa shape index (κ2) is 5.00. The van der Waals surface area contributed by atoms with Gasteiger partial charge < -0.3 is 15.0 Å². The van der Waals surface area contributed by atoms with Gasteiger partial charge in [-0.1, -0.05) is 5.16 Å². The van der Waals surface area contributed by atoms with E-state index in [4.69, 9.17) is 15.0 Å². The minimum Gasteiger partial charge on any atom is -0.497 e. The standard InChI is InChI=1S/C14H12N4O2/c1-19-10-6-4-9(5-7-10)13-17-14(20-18-13)11-3-2-8-16-12(11)15/h2-8H,1H3,(H2,15,16). The highest BCUT2D eigenvalue weighted by atomic mass is 16.5. The molecule has 2 heterocycles. The molecule has 0 aliphatic heterocycles. The zero-order valence-corrected chi connectivity index (χ0v) is 10.8. The molecular weight excluding hydrogens is 256 g/mol. The van der Waals surface area contributed by atoms with Crippen molar-refractivity contribution in [1.29, 1.82) is 0 Å². The highest BCUT2D eigenvalue weighted by Gasteiger charge is 2.13. The summed E-state index contributed by atoms with van der Waals surface area (Å²) in [5.74, 6) is 1.97. The van der Waals surface area contributed by atoms with Gasteiger partial charge in [0.15, 0.2) is 0 Å². The van der Waals surface area contributed by atoms with E-state index in [9.17, 15) is 0 Å². The van der Waals surface area contributed by atoms with Crippen molar-refractivity contribution in [1.82, 2.24) is 15.1 Å². The van der Waals surface area contributed by atoms with Crippen molar-refractivity contribution in [2.45, 2.75) is 0 Å². The molecule has 0 aliphatic carbocycles. The van der Waals surface area contributed by atoms with E-state index in [0.29, 0.717) is 23.1 Å². The number of hydrogen-bond acceptors (Lipinski definition) is 6. The molecule has 0 unspecified atom stereocenters. The Morgan fingerprint density at radius 3 is 2.65 bits per heavy atom. The first-order valence-corrected chi connectivity index (χ1v) is 5.97. The first-order chi connectivity index (χ1) is 9.78. The van der Waals surface area contributed by atoms with Crippen molar-refractivity contribution in [3.63, 3.8) is 0 Å². The summed E-state index contributed by atoms with van der Waals surface area (Å²) in [6.45, 7) is 0. The lowest BCUT2D eigenvalue weighted by Gasteiger charge is -1.99. The highest BCUT2D eigenvalue weighted by Crippen LogP contribution is 2.25. The Kier molecular flexibility index (Phi) is 3.04. The molecule has 0 amide bonds. The molecule has 0 fully saturated rings. The number of rotatable bonds is 3. The molecule has 2 N–H and O–H groups in total. The van der Waals surface area contributed by atoms with Gasteiger partial charge in [0.2, 0.25) is 5.82 Å². The zero-order chi connectivity index (χ0) is 13.9. The average molecular weight is 268 g/mol. The Bertz CT molecular complexity index is 722. The number of pyridine rings is 1. The summed E-state index contributed by atoms with van der Waals surface area (Å²) >= 11 is 0. The van der Waals surface area contributed by atoms with Gasteiger partial charge in [0.25, 0.3) is 5.89 Å². The minimum absolute atomic E-state index is 0.349. The van der Waals surface area contributed by atoms with Gasteiger partial charge in [0, 0.05) is 11.8 Å². The van der Waals surface area contributed by atoms with Gasteiger partial charge >= 0.3 is 0 Å². The van der Waals surface area contributed by atoms with Gasteiger partial charge in [-0.15, -0.1) is 0 Å². The molecule has 0 aliphatic rings. The van der Waals surface area contributed by atoms with E-state index >= 15 is 0 Å². The molecule has 3 rings (SSSR count). The molecule has 2 aromatic heterocycles. The molecule has 100 valence electrons. The molecule has 20 heavy (non-hydrogen) atoms. The fourth-order valence-electron chi connectivity index (χ4n) is 1.79. The molecule has 0 saturated heterocycles. The maximum atomic E-state index is 5.78. The predicted molar refractivity (Wildman–Crippen MR) is 73.9 cm³/mol. The Morgan fingerprint density at radius 1 is 1.15 bits per heavy atom. The van der Waals surface area contributed by atoms with Crippen LogP contribution in [0.1, 0.15) is 0 Å². The zero-order valence-electron chi connectivity index (χ0n) is 10.8. The third-order valence-electron chi connectivity index (χ3n) is 2.84. The fourth-order valence-corrected chi connectivity index (χ4v) is 1.79. The molecule has 0 bridgehead atoms. The third kappa shape index (κ3) is 2.18. The highest BCUT2D eigenvalue weighted by molar-refractivity contribution is 5.68. The van der Waals surface area contributed by atoms with Crippen LogP contribution >= 0.6 is 0 Å². The average Bonchev–Trinajstić information content (AvgIpc) is 2.97. The van der Waals surface area contributed by atoms with E-state index in [1.165, 1.54) is 0 Å². The summed E-state index contributed by atoms with van der Waals surface area (Å²) < 4.78 is 10.3. The summed E-state index contributed by atoms with van der Waals surface area (Å²) in [4.78, 5) is 8.32. The Morgan fingerprint density at radius 2 is 1.95 bits per heavy atom. The van der Waals surface area contributed by atoms with Crippen molar-refractivity contribution >= 4 is 5.82 Å². The van der Waals surface area contributed by atoms with E-state index in [0.717, 1.165) is 11.3 Å². The second-order valence-electron chi connectivity index (χ2n) is 4.09. The monoisotopic (exact) mass is 268 g/mol. The lowest BCUT2D eigenvalue weighted by Crippen LogP contribution is -1.93. The quantitative estimate of drug-likeness (QED) is 0.784. The molecule has 3 aromatic rings. The Labute approximate surface area is 115 Å². The maximum absolute atomic E-state index is 5.78. The number of ether oxygens (including phenoxy) is 1. The van der Waals surface area contributed by atoms with Crippen molar-refractivity contribution in [3.05, 3.63) is 42.6 Å². The van der Waals surface area contributed by atoms with Crippen LogP contribution in [0.2, 0.25) is 0 Å². The van der Waals surface area contributed by atoms with Crippen LogP contribution in [0.25, 0.3) is 22.8 Å². The van der Waals surface area contributed by atoms with Gasteiger partial charge in [0.1, 0.15) is 11.6 Å².